The highest BCUT2D eigenvalue weighted by Gasteiger charge is 2.17. The van der Waals surface area contributed by atoms with Crippen LogP contribution in [0.5, 0.6) is 0 Å². The number of carbonyl (C=O) groups excluding carboxylic acids is 1. The summed E-state index contributed by atoms with van der Waals surface area (Å²) >= 11 is 0. The third kappa shape index (κ3) is 2.63. The predicted molar refractivity (Wildman–Crippen MR) is 84.3 cm³/mol. The lowest BCUT2D eigenvalue weighted by Gasteiger charge is -2.14. The average Bonchev–Trinajstić information content (AvgIpc) is 2.55. The first-order valence-corrected chi connectivity index (χ1v) is 6.91. The van der Waals surface area contributed by atoms with Crippen LogP contribution in [0.3, 0.4) is 0 Å². The Bertz CT molecular complexity index is 758. The molecule has 0 saturated carbocycles. The van der Waals surface area contributed by atoms with Crippen LogP contribution in [0.2, 0.25) is 0 Å². The van der Waals surface area contributed by atoms with Gasteiger partial charge < -0.3 is 10.5 Å². The summed E-state index contributed by atoms with van der Waals surface area (Å²) in [4.78, 5) is 15.8. The number of nitrogens with zero attached hydrogens (tertiary/aromatic N) is 2. The number of nitrogens with two attached hydrogens (primary N) is 1. The van der Waals surface area contributed by atoms with Crippen molar-refractivity contribution in [1.82, 2.24) is 4.98 Å². The SMILES string of the molecule is CCc1nc(N)c(C#N)c(-c2ccc(C(=O)OC)cc2)c1C. The van der Waals surface area contributed by atoms with E-state index in [0.717, 1.165) is 28.8 Å². The number of anilines is 1. The highest BCUT2D eigenvalue weighted by molar-refractivity contribution is 5.90. The number of aryl methyl sites for hydroxylation is 1. The number of hydrogen-bond acceptors (Lipinski definition) is 5. The summed E-state index contributed by atoms with van der Waals surface area (Å²) in [6, 6.07) is 9.04. The first kappa shape index (κ1) is 15.5. The van der Waals surface area contributed by atoms with Crippen LogP contribution in [0, 0.1) is 18.3 Å². The van der Waals surface area contributed by atoms with Crippen molar-refractivity contribution in [2.24, 2.45) is 0 Å². The Labute approximate surface area is 129 Å². The van der Waals surface area contributed by atoms with Crippen LogP contribution >= 0.6 is 0 Å². The number of nitriles is 1. The van der Waals surface area contributed by atoms with Crippen molar-refractivity contribution in [3.63, 3.8) is 0 Å². The monoisotopic (exact) mass is 295 g/mol. The lowest BCUT2D eigenvalue weighted by molar-refractivity contribution is 0.0601. The van der Waals surface area contributed by atoms with Crippen molar-refractivity contribution < 1.29 is 9.53 Å². The maximum Gasteiger partial charge on any atom is 0.337 e. The number of methoxy groups -OCH3 is 1. The molecule has 22 heavy (non-hydrogen) atoms. The van der Waals surface area contributed by atoms with Gasteiger partial charge in [0.1, 0.15) is 17.5 Å². The molecule has 2 aromatic rings. The number of rotatable bonds is 3. The average molecular weight is 295 g/mol. The van der Waals surface area contributed by atoms with Crippen LogP contribution in [0.1, 0.15) is 34.1 Å². The molecule has 1 aromatic carbocycles. The Kier molecular flexibility index (Phi) is 4.42. The lowest BCUT2D eigenvalue weighted by atomic mass is 9.93. The second-order valence-corrected chi connectivity index (χ2v) is 4.85. The molecule has 0 aliphatic rings. The Morgan fingerprint density at radius 1 is 1.36 bits per heavy atom. The van der Waals surface area contributed by atoms with Crippen LogP contribution in [0.25, 0.3) is 11.1 Å². The summed E-state index contributed by atoms with van der Waals surface area (Å²) in [5.41, 5.74) is 10.1. The van der Waals surface area contributed by atoms with Crippen molar-refractivity contribution in [2.75, 3.05) is 12.8 Å². The summed E-state index contributed by atoms with van der Waals surface area (Å²) in [6.45, 7) is 3.92. The molecule has 0 aliphatic heterocycles. The van der Waals surface area contributed by atoms with E-state index in [1.54, 1.807) is 24.3 Å². The van der Waals surface area contributed by atoms with E-state index >= 15 is 0 Å². The fourth-order valence-corrected chi connectivity index (χ4v) is 2.45. The highest BCUT2D eigenvalue weighted by Crippen LogP contribution is 2.32. The third-order valence-electron chi connectivity index (χ3n) is 3.61. The maximum atomic E-state index is 11.5. The van der Waals surface area contributed by atoms with Crippen molar-refractivity contribution in [1.29, 1.82) is 5.26 Å². The zero-order valence-electron chi connectivity index (χ0n) is 12.8. The third-order valence-corrected chi connectivity index (χ3v) is 3.61. The predicted octanol–water partition coefficient (Wildman–Crippen LogP) is 2.86. The number of esters is 1. The van der Waals surface area contributed by atoms with Gasteiger partial charge in [0, 0.05) is 11.3 Å². The van der Waals surface area contributed by atoms with Gasteiger partial charge in [-0.25, -0.2) is 9.78 Å². The number of aromatic nitrogens is 1. The second-order valence-electron chi connectivity index (χ2n) is 4.85. The molecule has 0 fully saturated rings. The smallest absolute Gasteiger partial charge is 0.337 e. The molecule has 112 valence electrons. The normalized spacial score (nSPS) is 10.1. The molecule has 0 radical (unpaired) electrons. The van der Waals surface area contributed by atoms with Crippen LogP contribution in [-0.2, 0) is 11.2 Å². The van der Waals surface area contributed by atoms with Gasteiger partial charge in [-0.05, 0) is 36.6 Å². The number of nitrogen functional groups attached to an aromatic ring is 1. The van der Waals surface area contributed by atoms with Gasteiger partial charge in [-0.15, -0.1) is 0 Å². The van der Waals surface area contributed by atoms with Crippen LogP contribution < -0.4 is 5.73 Å². The van der Waals surface area contributed by atoms with E-state index in [9.17, 15) is 10.1 Å². The quantitative estimate of drug-likeness (QED) is 0.879. The van der Waals surface area contributed by atoms with E-state index in [2.05, 4.69) is 15.8 Å². The summed E-state index contributed by atoms with van der Waals surface area (Å²) in [5.74, 6) is -0.163. The van der Waals surface area contributed by atoms with Crippen molar-refractivity contribution >= 4 is 11.8 Å². The van der Waals surface area contributed by atoms with Crippen molar-refractivity contribution in [3.05, 3.63) is 46.6 Å². The minimum atomic E-state index is -0.396. The van der Waals surface area contributed by atoms with Crippen LogP contribution in [-0.4, -0.2) is 18.1 Å². The van der Waals surface area contributed by atoms with Gasteiger partial charge in [-0.3, -0.25) is 0 Å². The molecule has 0 saturated heterocycles. The van der Waals surface area contributed by atoms with E-state index in [1.165, 1.54) is 7.11 Å². The molecule has 5 heteroatoms. The Morgan fingerprint density at radius 3 is 2.50 bits per heavy atom. The first-order valence-electron chi connectivity index (χ1n) is 6.91. The molecule has 0 aliphatic carbocycles. The molecule has 0 unspecified atom stereocenters. The van der Waals surface area contributed by atoms with Crippen molar-refractivity contribution in [3.8, 4) is 17.2 Å². The summed E-state index contributed by atoms with van der Waals surface area (Å²) in [5, 5.41) is 9.39. The summed E-state index contributed by atoms with van der Waals surface area (Å²) in [6.07, 6.45) is 0.731. The van der Waals surface area contributed by atoms with E-state index in [1.807, 2.05) is 13.8 Å². The number of benzene rings is 1. The molecule has 2 N–H and O–H groups in total. The molecule has 0 atom stereocenters. The van der Waals surface area contributed by atoms with E-state index < -0.39 is 5.97 Å². The zero-order chi connectivity index (χ0) is 16.3. The number of ether oxygens (including phenoxy) is 1. The molecule has 1 aromatic heterocycles. The molecule has 1 heterocycles. The molecule has 2 rings (SSSR count). The van der Waals surface area contributed by atoms with Crippen LogP contribution in [0.4, 0.5) is 5.82 Å². The fraction of sp³-hybridized carbons (Fsp3) is 0.235. The van der Waals surface area contributed by atoms with E-state index in [-0.39, 0.29) is 5.82 Å². The molecule has 0 bridgehead atoms. The maximum absolute atomic E-state index is 11.5. The van der Waals surface area contributed by atoms with Gasteiger partial charge in [0.15, 0.2) is 0 Å². The number of hydrogen-bond donors (Lipinski definition) is 1. The van der Waals surface area contributed by atoms with E-state index in [0.29, 0.717) is 11.1 Å². The Morgan fingerprint density at radius 2 is 2.00 bits per heavy atom. The van der Waals surface area contributed by atoms with Gasteiger partial charge in [-0.2, -0.15) is 5.26 Å². The van der Waals surface area contributed by atoms with Gasteiger partial charge in [-0.1, -0.05) is 19.1 Å². The lowest BCUT2D eigenvalue weighted by Crippen LogP contribution is -2.05. The van der Waals surface area contributed by atoms with Crippen LogP contribution in [0.15, 0.2) is 24.3 Å². The number of pyridine rings is 1. The molecular formula is C17H17N3O2. The molecule has 0 amide bonds. The fourth-order valence-electron chi connectivity index (χ4n) is 2.45. The molecule has 0 spiro atoms. The van der Waals surface area contributed by atoms with Gasteiger partial charge in [0.2, 0.25) is 0 Å². The molecular weight excluding hydrogens is 278 g/mol. The first-order chi connectivity index (χ1) is 10.5. The standard InChI is InChI=1S/C17H17N3O2/c1-4-14-10(2)15(13(9-18)16(19)20-14)11-5-7-12(8-6-11)17(21)22-3/h5-8H,4H2,1-3H3,(H2,19,20). The van der Waals surface area contributed by atoms with Crippen molar-refractivity contribution in [2.45, 2.75) is 20.3 Å². The second kappa shape index (κ2) is 6.27. The molecule has 5 nitrogen and oxygen atoms in total. The summed E-state index contributed by atoms with van der Waals surface area (Å²) < 4.78 is 4.68. The largest absolute Gasteiger partial charge is 0.465 e. The minimum absolute atomic E-state index is 0.233. The Hall–Kier alpha value is -2.87. The topological polar surface area (TPSA) is 89.0 Å². The Balaban J connectivity index is 2.64. The van der Waals surface area contributed by atoms with Gasteiger partial charge >= 0.3 is 5.97 Å². The zero-order valence-corrected chi connectivity index (χ0v) is 12.8. The van der Waals surface area contributed by atoms with Gasteiger partial charge in [0.05, 0.1) is 12.7 Å². The van der Waals surface area contributed by atoms with E-state index in [4.69, 9.17) is 5.73 Å². The number of carbonyl (C=O) groups is 1. The minimum Gasteiger partial charge on any atom is -0.465 e. The van der Waals surface area contributed by atoms with Gasteiger partial charge in [0.25, 0.3) is 0 Å². The summed E-state index contributed by atoms with van der Waals surface area (Å²) in [7, 11) is 1.34. The highest BCUT2D eigenvalue weighted by atomic mass is 16.5.